The molecule has 2 heterocycles. The van der Waals surface area contributed by atoms with Crippen LogP contribution in [0.15, 0.2) is 66.7 Å². The summed E-state index contributed by atoms with van der Waals surface area (Å²) in [6.45, 7) is -0.0942. The molecule has 0 spiro atoms. The van der Waals surface area contributed by atoms with Crippen molar-refractivity contribution in [1.82, 2.24) is 4.90 Å². The highest BCUT2D eigenvalue weighted by Crippen LogP contribution is 2.30. The van der Waals surface area contributed by atoms with E-state index in [-0.39, 0.29) is 35.0 Å². The number of hydrogen-bond donors (Lipinski definition) is 2. The lowest BCUT2D eigenvalue weighted by molar-refractivity contribution is -0.115. The summed E-state index contributed by atoms with van der Waals surface area (Å²) in [5.74, 6) is -1.94. The number of carbonyl (C=O) groups excluding carboxylic acids is 5. The summed E-state index contributed by atoms with van der Waals surface area (Å²) in [5, 5.41) is 5.46. The van der Waals surface area contributed by atoms with E-state index in [1.807, 2.05) is 0 Å². The van der Waals surface area contributed by atoms with Crippen molar-refractivity contribution in [3.8, 4) is 0 Å². The standard InChI is InChI=1S/C25H18N4O5/c1-28-24(33)17-11-8-15(12-18(17)25(28)34)22(31)26-16-9-6-14(7-10-16)23(32)29-13-21(30)27-19-4-2-3-5-20(19)29/h2-12H,13H2,1H3,(H,26,31)(H,27,30). The Morgan fingerprint density at radius 3 is 2.29 bits per heavy atom. The van der Waals surface area contributed by atoms with Crippen LogP contribution in [-0.2, 0) is 4.79 Å². The van der Waals surface area contributed by atoms with Crippen LogP contribution >= 0.6 is 0 Å². The molecule has 0 saturated carbocycles. The van der Waals surface area contributed by atoms with E-state index in [1.165, 1.54) is 30.1 Å². The molecule has 0 unspecified atom stereocenters. The van der Waals surface area contributed by atoms with E-state index >= 15 is 0 Å². The van der Waals surface area contributed by atoms with Crippen LogP contribution in [0.5, 0.6) is 0 Å². The Kier molecular flexibility index (Phi) is 4.94. The summed E-state index contributed by atoms with van der Waals surface area (Å²) < 4.78 is 0. The average molecular weight is 454 g/mol. The van der Waals surface area contributed by atoms with Crippen LogP contribution in [0.1, 0.15) is 41.4 Å². The smallest absolute Gasteiger partial charge is 0.261 e. The van der Waals surface area contributed by atoms with Gasteiger partial charge in [-0.05, 0) is 54.6 Å². The number of rotatable bonds is 3. The molecule has 3 aromatic rings. The van der Waals surface area contributed by atoms with Crippen LogP contribution in [0.4, 0.5) is 17.1 Å². The summed E-state index contributed by atoms with van der Waals surface area (Å²) in [6, 6.07) is 17.7. The molecule has 9 heteroatoms. The Morgan fingerprint density at radius 1 is 0.853 bits per heavy atom. The van der Waals surface area contributed by atoms with E-state index in [9.17, 15) is 24.0 Å². The first kappa shape index (κ1) is 21.1. The fourth-order valence-corrected chi connectivity index (χ4v) is 3.97. The summed E-state index contributed by atoms with van der Waals surface area (Å²) in [7, 11) is 1.39. The number of fused-ring (bicyclic) bond motifs is 2. The van der Waals surface area contributed by atoms with Gasteiger partial charge < -0.3 is 10.6 Å². The van der Waals surface area contributed by atoms with Crippen molar-refractivity contribution < 1.29 is 24.0 Å². The Bertz CT molecular complexity index is 1400. The van der Waals surface area contributed by atoms with Gasteiger partial charge in [-0.1, -0.05) is 12.1 Å². The molecule has 0 fully saturated rings. The summed E-state index contributed by atoms with van der Waals surface area (Å²) in [6.07, 6.45) is 0. The summed E-state index contributed by atoms with van der Waals surface area (Å²) >= 11 is 0. The van der Waals surface area contributed by atoms with Gasteiger partial charge in [-0.3, -0.25) is 33.8 Å². The topological polar surface area (TPSA) is 116 Å². The van der Waals surface area contributed by atoms with Crippen LogP contribution in [0.25, 0.3) is 0 Å². The molecule has 0 bridgehead atoms. The zero-order valence-electron chi connectivity index (χ0n) is 18.0. The molecule has 5 amide bonds. The highest BCUT2D eigenvalue weighted by Gasteiger charge is 2.33. The monoisotopic (exact) mass is 454 g/mol. The second kappa shape index (κ2) is 7.96. The third kappa shape index (κ3) is 3.49. The molecular formula is C25H18N4O5. The van der Waals surface area contributed by atoms with Gasteiger partial charge in [0.2, 0.25) is 5.91 Å². The first-order valence-electron chi connectivity index (χ1n) is 10.4. The largest absolute Gasteiger partial charge is 0.323 e. The maximum Gasteiger partial charge on any atom is 0.261 e. The van der Waals surface area contributed by atoms with E-state index in [0.29, 0.717) is 22.6 Å². The molecule has 0 aromatic heterocycles. The van der Waals surface area contributed by atoms with E-state index in [2.05, 4.69) is 10.6 Å². The number of nitrogens with zero attached hydrogens (tertiary/aromatic N) is 2. The number of para-hydroxylation sites is 2. The van der Waals surface area contributed by atoms with Crippen molar-refractivity contribution in [1.29, 1.82) is 0 Å². The normalized spacial score (nSPS) is 14.4. The Labute approximate surface area is 194 Å². The quantitative estimate of drug-likeness (QED) is 0.591. The number of anilines is 3. The van der Waals surface area contributed by atoms with Crippen LogP contribution < -0.4 is 15.5 Å². The third-order valence-electron chi connectivity index (χ3n) is 5.76. The Hall–Kier alpha value is -4.79. The van der Waals surface area contributed by atoms with Crippen LogP contribution in [0.3, 0.4) is 0 Å². The highest BCUT2D eigenvalue weighted by atomic mass is 16.2. The van der Waals surface area contributed by atoms with Crippen LogP contribution in [0, 0.1) is 0 Å². The Balaban J connectivity index is 1.32. The minimum atomic E-state index is -0.460. The average Bonchev–Trinajstić information content (AvgIpc) is 3.07. The van der Waals surface area contributed by atoms with Gasteiger partial charge in [0.15, 0.2) is 0 Å². The second-order valence-electron chi connectivity index (χ2n) is 7.92. The fraction of sp³-hybridized carbons (Fsp3) is 0.0800. The second-order valence-corrected chi connectivity index (χ2v) is 7.92. The van der Waals surface area contributed by atoms with E-state index < -0.39 is 17.7 Å². The van der Waals surface area contributed by atoms with Gasteiger partial charge in [0, 0.05) is 23.9 Å². The van der Waals surface area contributed by atoms with Crippen molar-refractivity contribution in [3.63, 3.8) is 0 Å². The summed E-state index contributed by atoms with van der Waals surface area (Å²) in [4.78, 5) is 64.4. The SMILES string of the molecule is CN1C(=O)c2ccc(C(=O)Nc3ccc(C(=O)N4CC(=O)Nc5ccccc54)cc3)cc2C1=O. The number of hydrogen-bond acceptors (Lipinski definition) is 5. The summed E-state index contributed by atoms with van der Waals surface area (Å²) in [5.41, 5.74) is 2.65. The highest BCUT2D eigenvalue weighted by molar-refractivity contribution is 6.22. The minimum Gasteiger partial charge on any atom is -0.323 e. The molecule has 3 aromatic carbocycles. The number of nitrogens with one attached hydrogen (secondary N) is 2. The van der Waals surface area contributed by atoms with Gasteiger partial charge >= 0.3 is 0 Å². The zero-order chi connectivity index (χ0) is 24.0. The number of amides is 5. The molecule has 0 radical (unpaired) electrons. The van der Waals surface area contributed by atoms with E-state index in [0.717, 1.165) is 4.90 Å². The molecule has 0 aliphatic carbocycles. The van der Waals surface area contributed by atoms with Crippen molar-refractivity contribution in [2.24, 2.45) is 0 Å². The molecule has 0 atom stereocenters. The third-order valence-corrected chi connectivity index (χ3v) is 5.76. The van der Waals surface area contributed by atoms with Crippen LogP contribution in [0.2, 0.25) is 0 Å². The van der Waals surface area contributed by atoms with E-state index in [1.54, 1.807) is 48.5 Å². The molecule has 5 rings (SSSR count). The molecule has 168 valence electrons. The maximum absolute atomic E-state index is 13.1. The zero-order valence-corrected chi connectivity index (χ0v) is 18.0. The first-order chi connectivity index (χ1) is 16.3. The van der Waals surface area contributed by atoms with Gasteiger partial charge in [0.1, 0.15) is 6.54 Å². The maximum atomic E-state index is 13.1. The van der Waals surface area contributed by atoms with Gasteiger partial charge in [-0.25, -0.2) is 0 Å². The lowest BCUT2D eigenvalue weighted by Gasteiger charge is -2.29. The van der Waals surface area contributed by atoms with E-state index in [4.69, 9.17) is 0 Å². The molecule has 2 N–H and O–H groups in total. The predicted octanol–water partition coefficient (Wildman–Crippen LogP) is 2.76. The van der Waals surface area contributed by atoms with Gasteiger partial charge in [0.05, 0.1) is 22.5 Å². The minimum absolute atomic E-state index is 0.0942. The molecule has 2 aliphatic rings. The number of benzene rings is 3. The molecule has 2 aliphatic heterocycles. The molecule has 0 saturated heterocycles. The number of imide groups is 1. The van der Waals surface area contributed by atoms with Gasteiger partial charge in [-0.15, -0.1) is 0 Å². The molecule has 9 nitrogen and oxygen atoms in total. The lowest BCUT2D eigenvalue weighted by atomic mass is 10.1. The first-order valence-corrected chi connectivity index (χ1v) is 10.4. The van der Waals surface area contributed by atoms with Gasteiger partial charge in [-0.2, -0.15) is 0 Å². The van der Waals surface area contributed by atoms with Crippen molar-refractivity contribution >= 4 is 46.6 Å². The van der Waals surface area contributed by atoms with Crippen LogP contribution in [-0.4, -0.2) is 48.0 Å². The molecule has 34 heavy (non-hydrogen) atoms. The number of carbonyl (C=O) groups is 5. The van der Waals surface area contributed by atoms with Crippen molar-refractivity contribution in [2.75, 3.05) is 29.1 Å². The molecular weight excluding hydrogens is 436 g/mol. The predicted molar refractivity (Wildman–Crippen MR) is 124 cm³/mol. The van der Waals surface area contributed by atoms with Gasteiger partial charge in [0.25, 0.3) is 23.6 Å². The Morgan fingerprint density at radius 2 is 1.53 bits per heavy atom. The van der Waals surface area contributed by atoms with Crippen molar-refractivity contribution in [3.05, 3.63) is 89.0 Å². The lowest BCUT2D eigenvalue weighted by Crippen LogP contribution is -2.42. The fourth-order valence-electron chi connectivity index (χ4n) is 3.97. The van der Waals surface area contributed by atoms with Crippen molar-refractivity contribution in [2.45, 2.75) is 0 Å².